The third-order valence-corrected chi connectivity index (χ3v) is 2.20. The van der Waals surface area contributed by atoms with Crippen molar-refractivity contribution in [2.45, 2.75) is 19.5 Å². The lowest BCUT2D eigenvalue weighted by molar-refractivity contribution is -0.137. The number of benzene rings is 1. The van der Waals surface area contributed by atoms with Gasteiger partial charge in [0, 0.05) is 6.54 Å². The van der Waals surface area contributed by atoms with Crippen molar-refractivity contribution in [1.82, 2.24) is 5.32 Å². The maximum absolute atomic E-state index is 12.7. The van der Waals surface area contributed by atoms with E-state index in [0.717, 1.165) is 12.1 Å². The molecule has 0 aromatic heterocycles. The Hall–Kier alpha value is -2.05. The molecule has 4 nitrogen and oxygen atoms in total. The van der Waals surface area contributed by atoms with E-state index in [0.29, 0.717) is 6.54 Å². The third-order valence-electron chi connectivity index (χ3n) is 2.20. The van der Waals surface area contributed by atoms with Crippen LogP contribution in [-0.2, 0) is 15.8 Å². The molecule has 0 saturated heterocycles. The minimum atomic E-state index is -4.56. The van der Waals surface area contributed by atoms with Gasteiger partial charge in [0.25, 0.3) is 0 Å². The fourth-order valence-electron chi connectivity index (χ4n) is 1.44. The van der Waals surface area contributed by atoms with E-state index in [1.54, 1.807) is 6.92 Å². The van der Waals surface area contributed by atoms with E-state index in [4.69, 9.17) is 0 Å². The second-order valence-corrected chi connectivity index (χ2v) is 3.72. The van der Waals surface area contributed by atoms with Crippen LogP contribution in [0, 0.1) is 0 Å². The molecule has 0 fully saturated rings. The molecule has 0 aliphatic heterocycles. The summed E-state index contributed by atoms with van der Waals surface area (Å²) >= 11 is 0. The third kappa shape index (κ3) is 4.61. The first-order valence-corrected chi connectivity index (χ1v) is 5.57. The van der Waals surface area contributed by atoms with Crippen LogP contribution in [0.1, 0.15) is 18.9 Å². The molecule has 2 amide bonds. The minimum absolute atomic E-state index is 0.352. The van der Waals surface area contributed by atoms with E-state index in [2.05, 4.69) is 10.6 Å². The summed E-state index contributed by atoms with van der Waals surface area (Å²) in [5.41, 5.74) is -1.30. The Morgan fingerprint density at radius 1 is 1.16 bits per heavy atom. The molecular weight excluding hydrogens is 261 g/mol. The highest BCUT2D eigenvalue weighted by Crippen LogP contribution is 2.34. The van der Waals surface area contributed by atoms with E-state index in [-0.39, 0.29) is 5.69 Å². The van der Waals surface area contributed by atoms with Gasteiger partial charge < -0.3 is 10.6 Å². The molecule has 2 N–H and O–H groups in total. The van der Waals surface area contributed by atoms with E-state index in [1.165, 1.54) is 12.1 Å². The zero-order chi connectivity index (χ0) is 14.5. The largest absolute Gasteiger partial charge is 0.418 e. The van der Waals surface area contributed by atoms with Gasteiger partial charge in [-0.25, -0.2) is 0 Å². The molecule has 0 heterocycles. The van der Waals surface area contributed by atoms with E-state index >= 15 is 0 Å². The van der Waals surface area contributed by atoms with Crippen LogP contribution in [0.3, 0.4) is 0 Å². The second-order valence-electron chi connectivity index (χ2n) is 3.72. The van der Waals surface area contributed by atoms with Crippen molar-refractivity contribution in [2.24, 2.45) is 0 Å². The summed E-state index contributed by atoms with van der Waals surface area (Å²) in [5, 5.41) is 4.47. The molecular formula is C12H13F3N2O2. The predicted octanol–water partition coefficient (Wildman–Crippen LogP) is 2.17. The summed E-state index contributed by atoms with van der Waals surface area (Å²) in [6.45, 7) is 2.03. The van der Waals surface area contributed by atoms with Gasteiger partial charge in [0.1, 0.15) is 6.42 Å². The number of para-hydroxylation sites is 1. The highest BCUT2D eigenvalue weighted by Gasteiger charge is 2.33. The van der Waals surface area contributed by atoms with Gasteiger partial charge in [-0.15, -0.1) is 0 Å². The Balaban J connectivity index is 2.77. The van der Waals surface area contributed by atoms with Crippen molar-refractivity contribution in [3.63, 3.8) is 0 Å². The van der Waals surface area contributed by atoms with Crippen molar-refractivity contribution in [1.29, 1.82) is 0 Å². The number of anilines is 1. The number of hydrogen-bond donors (Lipinski definition) is 2. The van der Waals surface area contributed by atoms with Crippen LogP contribution < -0.4 is 10.6 Å². The number of amides is 2. The SMILES string of the molecule is CCNC(=O)CC(=O)Nc1ccccc1C(F)(F)F. The number of nitrogens with one attached hydrogen (secondary N) is 2. The maximum Gasteiger partial charge on any atom is 0.418 e. The lowest BCUT2D eigenvalue weighted by atomic mass is 10.1. The van der Waals surface area contributed by atoms with Gasteiger partial charge in [0.2, 0.25) is 11.8 Å². The lowest BCUT2D eigenvalue weighted by Gasteiger charge is -2.13. The molecule has 0 aliphatic rings. The second kappa shape index (κ2) is 6.21. The molecule has 0 unspecified atom stereocenters. The van der Waals surface area contributed by atoms with Crippen LogP contribution in [0.25, 0.3) is 0 Å². The van der Waals surface area contributed by atoms with Gasteiger partial charge in [-0.3, -0.25) is 9.59 Å². The van der Waals surface area contributed by atoms with Gasteiger partial charge in [-0.2, -0.15) is 13.2 Å². The highest BCUT2D eigenvalue weighted by atomic mass is 19.4. The number of halogens is 3. The molecule has 0 aliphatic carbocycles. The Morgan fingerprint density at radius 3 is 2.37 bits per heavy atom. The standard InChI is InChI=1S/C12H13F3N2O2/c1-2-16-10(18)7-11(19)17-9-6-4-3-5-8(9)12(13,14)15/h3-6H,2,7H2,1H3,(H,16,18)(H,17,19). The molecule has 1 rings (SSSR count). The number of rotatable bonds is 4. The Bertz CT molecular complexity index is 472. The normalized spacial score (nSPS) is 10.9. The van der Waals surface area contributed by atoms with Gasteiger partial charge in [0.15, 0.2) is 0 Å². The van der Waals surface area contributed by atoms with Crippen LogP contribution in [0.4, 0.5) is 18.9 Å². The molecule has 19 heavy (non-hydrogen) atoms. The topological polar surface area (TPSA) is 58.2 Å². The van der Waals surface area contributed by atoms with Crippen molar-refractivity contribution in [2.75, 3.05) is 11.9 Å². The first-order valence-electron chi connectivity index (χ1n) is 5.57. The summed E-state index contributed by atoms with van der Waals surface area (Å²) < 4.78 is 38.0. The Kier molecular flexibility index (Phi) is 4.91. The number of carbonyl (C=O) groups is 2. The molecule has 7 heteroatoms. The van der Waals surface area contributed by atoms with E-state index < -0.39 is 30.0 Å². The zero-order valence-electron chi connectivity index (χ0n) is 10.2. The molecule has 0 bridgehead atoms. The Labute approximate surface area is 108 Å². The summed E-state index contributed by atoms with van der Waals surface area (Å²) in [4.78, 5) is 22.6. The average Bonchev–Trinajstić information content (AvgIpc) is 2.28. The first kappa shape index (κ1) is 15.0. The van der Waals surface area contributed by atoms with Crippen molar-refractivity contribution >= 4 is 17.5 Å². The molecule has 104 valence electrons. The number of hydrogen-bond acceptors (Lipinski definition) is 2. The molecule has 0 atom stereocenters. The number of alkyl halides is 3. The van der Waals surface area contributed by atoms with Crippen molar-refractivity contribution < 1.29 is 22.8 Å². The van der Waals surface area contributed by atoms with Gasteiger partial charge in [-0.1, -0.05) is 12.1 Å². The quantitative estimate of drug-likeness (QED) is 0.827. The summed E-state index contributed by atoms with van der Waals surface area (Å²) in [5.74, 6) is -1.33. The smallest absolute Gasteiger partial charge is 0.356 e. The summed E-state index contributed by atoms with van der Waals surface area (Å²) in [7, 11) is 0. The fraction of sp³-hybridized carbons (Fsp3) is 0.333. The predicted molar refractivity (Wildman–Crippen MR) is 63.4 cm³/mol. The van der Waals surface area contributed by atoms with Crippen LogP contribution in [0.15, 0.2) is 24.3 Å². The average molecular weight is 274 g/mol. The van der Waals surface area contributed by atoms with Crippen LogP contribution in [0.2, 0.25) is 0 Å². The van der Waals surface area contributed by atoms with Gasteiger partial charge in [-0.05, 0) is 19.1 Å². The summed E-state index contributed by atoms with van der Waals surface area (Å²) in [6, 6.07) is 4.60. The van der Waals surface area contributed by atoms with Crippen LogP contribution in [-0.4, -0.2) is 18.4 Å². The zero-order valence-corrected chi connectivity index (χ0v) is 10.2. The van der Waals surface area contributed by atoms with E-state index in [9.17, 15) is 22.8 Å². The van der Waals surface area contributed by atoms with Crippen molar-refractivity contribution in [3.05, 3.63) is 29.8 Å². The lowest BCUT2D eigenvalue weighted by Crippen LogP contribution is -2.28. The number of carbonyl (C=O) groups excluding carboxylic acids is 2. The molecule has 1 aromatic rings. The fourth-order valence-corrected chi connectivity index (χ4v) is 1.44. The molecule has 1 aromatic carbocycles. The summed E-state index contributed by atoms with van der Waals surface area (Å²) in [6.07, 6.45) is -5.07. The Morgan fingerprint density at radius 2 is 1.79 bits per heavy atom. The van der Waals surface area contributed by atoms with Crippen molar-refractivity contribution in [3.8, 4) is 0 Å². The van der Waals surface area contributed by atoms with Crippen LogP contribution >= 0.6 is 0 Å². The van der Waals surface area contributed by atoms with Gasteiger partial charge in [0.05, 0.1) is 11.3 Å². The van der Waals surface area contributed by atoms with Gasteiger partial charge >= 0.3 is 6.18 Å². The maximum atomic E-state index is 12.7. The molecule has 0 spiro atoms. The highest BCUT2D eigenvalue weighted by molar-refractivity contribution is 6.03. The van der Waals surface area contributed by atoms with E-state index in [1.807, 2.05) is 0 Å². The van der Waals surface area contributed by atoms with Crippen LogP contribution in [0.5, 0.6) is 0 Å². The minimum Gasteiger partial charge on any atom is -0.356 e. The monoisotopic (exact) mass is 274 g/mol. The molecule has 0 radical (unpaired) electrons. The molecule has 0 saturated carbocycles. The first-order chi connectivity index (χ1) is 8.84.